The highest BCUT2D eigenvalue weighted by Crippen LogP contribution is 2.30. The Labute approximate surface area is 170 Å². The predicted molar refractivity (Wildman–Crippen MR) is 108 cm³/mol. The van der Waals surface area contributed by atoms with Gasteiger partial charge in [0.15, 0.2) is 6.10 Å². The molecule has 9 heteroatoms. The standard InChI is InChI=1S/C20H24N2O6S/c1-15(28-17-6-4-3-5-7-17)20(23)21-16-8-9-18(26-2)19(14-16)29(24,25)22-10-12-27-13-11-22/h3-9,14-15H,10-13H2,1-2H3,(H,21,23)/t15-/m0/s1. The van der Waals surface area contributed by atoms with Crippen LogP contribution in [-0.4, -0.2) is 58.1 Å². The number of sulfonamides is 1. The first-order valence-electron chi connectivity index (χ1n) is 9.20. The Balaban J connectivity index is 1.78. The molecule has 2 aromatic carbocycles. The van der Waals surface area contributed by atoms with Crippen LogP contribution in [0, 0.1) is 0 Å². The molecule has 1 amide bonds. The van der Waals surface area contributed by atoms with Gasteiger partial charge < -0.3 is 19.5 Å². The monoisotopic (exact) mass is 420 g/mol. The largest absolute Gasteiger partial charge is 0.495 e. The molecule has 1 heterocycles. The minimum Gasteiger partial charge on any atom is -0.495 e. The van der Waals surface area contributed by atoms with Gasteiger partial charge in [0.05, 0.1) is 20.3 Å². The predicted octanol–water partition coefficient (Wildman–Crippen LogP) is 2.12. The zero-order valence-corrected chi connectivity index (χ0v) is 17.1. The van der Waals surface area contributed by atoms with Crippen LogP contribution in [0.25, 0.3) is 0 Å². The number of hydrogen-bond acceptors (Lipinski definition) is 6. The number of anilines is 1. The molecule has 0 aromatic heterocycles. The Morgan fingerprint density at radius 3 is 2.48 bits per heavy atom. The van der Waals surface area contributed by atoms with Gasteiger partial charge in [-0.05, 0) is 37.3 Å². The number of carbonyl (C=O) groups is 1. The summed E-state index contributed by atoms with van der Waals surface area (Å²) in [6, 6.07) is 13.5. The molecule has 1 saturated heterocycles. The second-order valence-electron chi connectivity index (χ2n) is 6.44. The molecule has 0 unspecified atom stereocenters. The molecule has 2 aromatic rings. The third-order valence-electron chi connectivity index (χ3n) is 4.44. The van der Waals surface area contributed by atoms with Gasteiger partial charge in [0.1, 0.15) is 16.4 Å². The molecule has 0 aliphatic carbocycles. The van der Waals surface area contributed by atoms with Gasteiger partial charge in [-0.2, -0.15) is 4.31 Å². The van der Waals surface area contributed by atoms with Crippen molar-refractivity contribution < 1.29 is 27.4 Å². The molecule has 1 aliphatic rings. The number of nitrogens with one attached hydrogen (secondary N) is 1. The average Bonchev–Trinajstić information content (AvgIpc) is 2.75. The molecule has 1 atom stereocenters. The first-order valence-corrected chi connectivity index (χ1v) is 10.6. The zero-order valence-electron chi connectivity index (χ0n) is 16.3. The topological polar surface area (TPSA) is 94.2 Å². The molecule has 8 nitrogen and oxygen atoms in total. The van der Waals surface area contributed by atoms with Crippen LogP contribution in [0.15, 0.2) is 53.4 Å². The van der Waals surface area contributed by atoms with Gasteiger partial charge in [0.2, 0.25) is 10.0 Å². The summed E-state index contributed by atoms with van der Waals surface area (Å²) < 4.78 is 43.5. The van der Waals surface area contributed by atoms with Crippen molar-refractivity contribution in [1.29, 1.82) is 0 Å². The average molecular weight is 420 g/mol. The summed E-state index contributed by atoms with van der Waals surface area (Å²) in [5.41, 5.74) is 0.339. The van der Waals surface area contributed by atoms with E-state index < -0.39 is 22.0 Å². The minimum atomic E-state index is -3.79. The van der Waals surface area contributed by atoms with Crippen molar-refractivity contribution in [3.05, 3.63) is 48.5 Å². The zero-order chi connectivity index (χ0) is 20.9. The molecular formula is C20H24N2O6S. The maximum Gasteiger partial charge on any atom is 0.265 e. The maximum absolute atomic E-state index is 13.0. The lowest BCUT2D eigenvalue weighted by Crippen LogP contribution is -2.40. The molecule has 1 aliphatic heterocycles. The third-order valence-corrected chi connectivity index (χ3v) is 6.36. The number of ether oxygens (including phenoxy) is 3. The molecule has 1 N–H and O–H groups in total. The first kappa shape index (κ1) is 21.1. The van der Waals surface area contributed by atoms with Crippen molar-refractivity contribution in [3.63, 3.8) is 0 Å². The molecule has 1 fully saturated rings. The second-order valence-corrected chi connectivity index (χ2v) is 8.35. The molecular weight excluding hydrogens is 396 g/mol. The number of para-hydroxylation sites is 1. The summed E-state index contributed by atoms with van der Waals surface area (Å²) in [7, 11) is -2.38. The highest BCUT2D eigenvalue weighted by molar-refractivity contribution is 7.89. The molecule has 156 valence electrons. The third kappa shape index (κ3) is 5.06. The lowest BCUT2D eigenvalue weighted by Gasteiger charge is -2.27. The summed E-state index contributed by atoms with van der Waals surface area (Å²) >= 11 is 0. The van der Waals surface area contributed by atoms with Gasteiger partial charge in [0, 0.05) is 18.8 Å². The van der Waals surface area contributed by atoms with Crippen LogP contribution in [-0.2, 0) is 19.6 Å². The Kier molecular flexibility index (Phi) is 6.73. The lowest BCUT2D eigenvalue weighted by molar-refractivity contribution is -0.122. The summed E-state index contributed by atoms with van der Waals surface area (Å²) in [6.45, 7) is 2.84. The van der Waals surface area contributed by atoms with Gasteiger partial charge in [-0.3, -0.25) is 4.79 Å². The lowest BCUT2D eigenvalue weighted by atomic mass is 10.2. The van der Waals surface area contributed by atoms with Crippen LogP contribution in [0.1, 0.15) is 6.92 Å². The Hall–Kier alpha value is -2.62. The van der Waals surface area contributed by atoms with Gasteiger partial charge in [0.25, 0.3) is 5.91 Å². The van der Waals surface area contributed by atoms with Crippen LogP contribution >= 0.6 is 0 Å². The smallest absolute Gasteiger partial charge is 0.265 e. The summed E-state index contributed by atoms with van der Waals surface area (Å²) in [6.07, 6.45) is -0.765. The minimum absolute atomic E-state index is 0.00340. The summed E-state index contributed by atoms with van der Waals surface area (Å²) in [4.78, 5) is 12.5. The number of methoxy groups -OCH3 is 1. The van der Waals surface area contributed by atoms with E-state index in [1.54, 1.807) is 25.1 Å². The van der Waals surface area contributed by atoms with E-state index in [2.05, 4.69) is 5.32 Å². The number of carbonyl (C=O) groups excluding carboxylic acids is 1. The first-order chi connectivity index (χ1) is 13.9. The van der Waals surface area contributed by atoms with E-state index in [-0.39, 0.29) is 23.7 Å². The normalized spacial score (nSPS) is 16.1. The van der Waals surface area contributed by atoms with E-state index in [9.17, 15) is 13.2 Å². The number of rotatable bonds is 7. The van der Waals surface area contributed by atoms with Crippen LogP contribution in [0.4, 0.5) is 5.69 Å². The summed E-state index contributed by atoms with van der Waals surface area (Å²) in [5, 5.41) is 2.70. The number of amides is 1. The fourth-order valence-corrected chi connectivity index (χ4v) is 4.47. The van der Waals surface area contributed by atoms with Gasteiger partial charge in [-0.25, -0.2) is 8.42 Å². The van der Waals surface area contributed by atoms with Crippen molar-refractivity contribution in [3.8, 4) is 11.5 Å². The molecule has 3 rings (SSSR count). The van der Waals surface area contributed by atoms with Crippen molar-refractivity contribution in [2.45, 2.75) is 17.9 Å². The van der Waals surface area contributed by atoms with Crippen molar-refractivity contribution in [2.75, 3.05) is 38.7 Å². The van der Waals surface area contributed by atoms with Crippen LogP contribution in [0.5, 0.6) is 11.5 Å². The Bertz CT molecular complexity index is 943. The maximum atomic E-state index is 13.0. The Morgan fingerprint density at radius 2 is 1.83 bits per heavy atom. The summed E-state index contributed by atoms with van der Waals surface area (Å²) in [5.74, 6) is 0.386. The van der Waals surface area contributed by atoms with Crippen LogP contribution in [0.2, 0.25) is 0 Å². The molecule has 0 spiro atoms. The number of benzene rings is 2. The molecule has 29 heavy (non-hydrogen) atoms. The van der Waals surface area contributed by atoms with Crippen LogP contribution < -0.4 is 14.8 Å². The van der Waals surface area contributed by atoms with Gasteiger partial charge in [-0.15, -0.1) is 0 Å². The highest BCUT2D eigenvalue weighted by atomic mass is 32.2. The van der Waals surface area contributed by atoms with Crippen molar-refractivity contribution in [2.24, 2.45) is 0 Å². The van der Waals surface area contributed by atoms with E-state index in [0.29, 0.717) is 24.7 Å². The second kappa shape index (κ2) is 9.25. The fourth-order valence-electron chi connectivity index (χ4n) is 2.88. The fraction of sp³-hybridized carbons (Fsp3) is 0.350. The Morgan fingerprint density at radius 1 is 1.14 bits per heavy atom. The highest BCUT2D eigenvalue weighted by Gasteiger charge is 2.30. The van der Waals surface area contributed by atoms with E-state index in [1.807, 2.05) is 18.2 Å². The number of nitrogens with zero attached hydrogens (tertiary/aromatic N) is 1. The number of morpholine rings is 1. The van der Waals surface area contributed by atoms with Crippen LogP contribution in [0.3, 0.4) is 0 Å². The van der Waals surface area contributed by atoms with Crippen molar-refractivity contribution in [1.82, 2.24) is 4.31 Å². The van der Waals surface area contributed by atoms with E-state index in [4.69, 9.17) is 14.2 Å². The van der Waals surface area contributed by atoms with Gasteiger partial charge >= 0.3 is 0 Å². The van der Waals surface area contributed by atoms with Crippen molar-refractivity contribution >= 4 is 21.6 Å². The van der Waals surface area contributed by atoms with E-state index in [0.717, 1.165) is 0 Å². The molecule has 0 bridgehead atoms. The quantitative estimate of drug-likeness (QED) is 0.737. The van der Waals surface area contributed by atoms with Gasteiger partial charge in [-0.1, -0.05) is 18.2 Å². The molecule has 0 saturated carbocycles. The number of hydrogen-bond donors (Lipinski definition) is 1. The molecule has 0 radical (unpaired) electrons. The van der Waals surface area contributed by atoms with E-state index in [1.165, 1.54) is 23.5 Å². The SMILES string of the molecule is COc1ccc(NC(=O)[C@H](C)Oc2ccccc2)cc1S(=O)(=O)N1CCOCC1. The van der Waals surface area contributed by atoms with E-state index >= 15 is 0 Å².